The molecule has 1 unspecified atom stereocenters. The van der Waals surface area contributed by atoms with Crippen LogP contribution < -0.4 is 18.9 Å². The Bertz CT molecular complexity index is 88.0. The molecular weight excluding hydrogens is 116 g/mol. The van der Waals surface area contributed by atoms with E-state index < -0.39 is 16.4 Å². The van der Waals surface area contributed by atoms with E-state index in [0.29, 0.717) is 0 Å². The largest absolute Gasteiger partial charge is 1.00 e. The third kappa shape index (κ3) is 6.31. The molecule has 0 spiro atoms. The smallest absolute Gasteiger partial charge is 1.00 e. The van der Waals surface area contributed by atoms with Gasteiger partial charge in [-0.15, -0.1) is 0 Å². The van der Waals surface area contributed by atoms with Gasteiger partial charge >= 0.3 is 18.9 Å². The van der Waals surface area contributed by atoms with Crippen LogP contribution in [0, 0.1) is 5.41 Å². The van der Waals surface area contributed by atoms with Crippen LogP contribution in [0.4, 0.5) is 4.39 Å². The van der Waals surface area contributed by atoms with Crippen LogP contribution in [0.15, 0.2) is 0 Å². The molecule has 38 valence electrons. The first-order valence-electron chi connectivity index (χ1n) is 0.976. The topological polar surface area (TPSA) is 64.0 Å². The van der Waals surface area contributed by atoms with Crippen molar-refractivity contribution in [3.8, 4) is 0 Å². The first kappa shape index (κ1) is 10.3. The molecule has 0 aliphatic heterocycles. The van der Waals surface area contributed by atoms with Crippen LogP contribution in [0.5, 0.6) is 0 Å². The van der Waals surface area contributed by atoms with E-state index in [-0.39, 0.29) is 20.3 Å². The number of hydrogen-bond acceptors (Lipinski definition) is 3. The number of rotatable bonds is 0. The zero-order chi connectivity index (χ0) is 5.15. The van der Waals surface area contributed by atoms with E-state index in [1.165, 1.54) is 0 Å². The van der Waals surface area contributed by atoms with E-state index in [2.05, 4.69) is 0 Å². The molecule has 0 amide bonds. The summed E-state index contributed by atoms with van der Waals surface area (Å²) in [5.41, 5.74) is 0. The third-order valence-electron chi connectivity index (χ3n) is 0.146. The van der Waals surface area contributed by atoms with Crippen molar-refractivity contribution >= 4 is 16.4 Å². The van der Waals surface area contributed by atoms with Crippen molar-refractivity contribution in [2.75, 3.05) is 0 Å². The number of nitrogens with one attached hydrogen (secondary N) is 1. The van der Waals surface area contributed by atoms with Crippen molar-refractivity contribution in [2.24, 2.45) is 0 Å². The van der Waals surface area contributed by atoms with Gasteiger partial charge in [0, 0.05) is 11.1 Å². The minimum Gasteiger partial charge on any atom is -1.00 e. The fourth-order valence-electron chi connectivity index (χ4n) is 0. The van der Waals surface area contributed by atoms with Gasteiger partial charge < -0.3 is 5.98 Å². The van der Waals surface area contributed by atoms with Crippen LogP contribution in [0.2, 0.25) is 0 Å². The van der Waals surface area contributed by atoms with E-state index in [9.17, 15) is 4.39 Å². The molecule has 3 nitrogen and oxygen atoms in total. The van der Waals surface area contributed by atoms with E-state index in [4.69, 9.17) is 14.2 Å². The third-order valence-corrected chi connectivity index (χ3v) is 0.439. The summed E-state index contributed by atoms with van der Waals surface area (Å²) in [4.78, 5) is 0. The first-order chi connectivity index (χ1) is 2.64. The van der Waals surface area contributed by atoms with Crippen LogP contribution in [0.3, 0.4) is 0 Å². The maximum Gasteiger partial charge on any atom is 1.00 e. The molecule has 0 fully saturated rings. The Labute approximate surface area is 55.7 Å². The van der Waals surface area contributed by atoms with Crippen molar-refractivity contribution in [3.05, 3.63) is 0 Å². The summed E-state index contributed by atoms with van der Waals surface area (Å²) in [5, 5.41) is 3.85. The van der Waals surface area contributed by atoms with Gasteiger partial charge in [-0.05, 0) is 0 Å². The van der Waals surface area contributed by atoms with E-state index in [1.807, 2.05) is 0 Å². The number of hydrogen-bond donors (Lipinski definition) is 1. The molecular formula is CH2FLiNO2S-. The summed E-state index contributed by atoms with van der Waals surface area (Å²) in [6, 6.07) is 0. The predicted octanol–water partition coefficient (Wildman–Crippen LogP) is -3.11. The molecule has 0 bridgehead atoms. The molecule has 7 heavy (non-hydrogen) atoms. The Kier molecular flexibility index (Phi) is 6.58. The second kappa shape index (κ2) is 4.47. The van der Waals surface area contributed by atoms with Crippen LogP contribution >= 0.6 is 0 Å². The normalized spacial score (nSPS) is 11.7. The Hall–Kier alpha value is 0.307. The standard InChI is InChI=1S/CH2FNO2S.Li.H/c2-1(3)6(4)5;;/h3H,(H,4,5);;/q;+1;-1/p-1. The van der Waals surface area contributed by atoms with E-state index >= 15 is 0 Å². The van der Waals surface area contributed by atoms with Crippen LogP contribution in [-0.4, -0.2) is 14.1 Å². The fraction of sp³-hybridized carbons (Fsp3) is 0. The van der Waals surface area contributed by atoms with Gasteiger partial charge in [0.2, 0.25) is 0 Å². The van der Waals surface area contributed by atoms with Gasteiger partial charge in [-0.25, -0.2) is 0 Å². The summed E-state index contributed by atoms with van der Waals surface area (Å²) in [7, 11) is 0. The molecule has 0 aromatic rings. The van der Waals surface area contributed by atoms with Crippen molar-refractivity contribution in [1.29, 1.82) is 5.41 Å². The molecule has 0 heterocycles. The van der Waals surface area contributed by atoms with Crippen LogP contribution in [0.1, 0.15) is 1.43 Å². The predicted molar refractivity (Wildman–Crippen MR) is 18.9 cm³/mol. The number of halogens is 1. The molecule has 0 aliphatic carbocycles. The van der Waals surface area contributed by atoms with Gasteiger partial charge in [0.25, 0.3) is 5.30 Å². The first-order valence-corrected chi connectivity index (χ1v) is 2.05. The Balaban J connectivity index is -0.000000125. The summed E-state index contributed by atoms with van der Waals surface area (Å²) in [5.74, 6) is 0. The molecule has 0 aromatic heterocycles. The second-order valence-corrected chi connectivity index (χ2v) is 1.34. The fourth-order valence-corrected chi connectivity index (χ4v) is 0. The molecule has 0 aromatic carbocycles. The van der Waals surface area contributed by atoms with E-state index in [1.54, 1.807) is 0 Å². The molecule has 1 N–H and O–H groups in total. The Morgan fingerprint density at radius 2 is 2.14 bits per heavy atom. The molecule has 0 radical (unpaired) electrons. The minimum absolute atomic E-state index is 0. The van der Waals surface area contributed by atoms with Crippen molar-refractivity contribution in [2.45, 2.75) is 0 Å². The van der Waals surface area contributed by atoms with Gasteiger partial charge in [-0.1, -0.05) is 0 Å². The monoisotopic (exact) mass is 118 g/mol. The summed E-state index contributed by atoms with van der Waals surface area (Å²) >= 11 is -2.95. The maximum atomic E-state index is 10.8. The maximum absolute atomic E-state index is 10.8. The SMILES string of the molecule is N=C(F)S(=O)[O-].[H-].[Li+]. The summed E-state index contributed by atoms with van der Waals surface area (Å²) in [6.45, 7) is 0. The van der Waals surface area contributed by atoms with Gasteiger partial charge in [-0.2, -0.15) is 4.39 Å². The average molecular weight is 118 g/mol. The average Bonchev–Trinajstić information content (AvgIpc) is 1.36. The molecule has 0 aliphatic rings. The molecule has 0 saturated carbocycles. The van der Waals surface area contributed by atoms with Crippen molar-refractivity contribution < 1.29 is 33.4 Å². The van der Waals surface area contributed by atoms with Crippen molar-refractivity contribution in [3.63, 3.8) is 0 Å². The van der Waals surface area contributed by atoms with Crippen LogP contribution in [0.25, 0.3) is 0 Å². The van der Waals surface area contributed by atoms with Gasteiger partial charge in [0.1, 0.15) is 0 Å². The van der Waals surface area contributed by atoms with Gasteiger partial charge in [0.05, 0.1) is 0 Å². The van der Waals surface area contributed by atoms with Gasteiger partial charge in [0.15, 0.2) is 0 Å². The molecule has 1 atom stereocenters. The van der Waals surface area contributed by atoms with Crippen molar-refractivity contribution in [1.82, 2.24) is 0 Å². The quantitative estimate of drug-likeness (QED) is 0.158. The van der Waals surface area contributed by atoms with Crippen LogP contribution in [-0.2, 0) is 11.1 Å². The van der Waals surface area contributed by atoms with Gasteiger partial charge in [-0.3, -0.25) is 9.62 Å². The Morgan fingerprint density at radius 3 is 2.14 bits per heavy atom. The zero-order valence-electron chi connectivity index (χ0n) is 4.60. The Morgan fingerprint density at radius 1 is 2.00 bits per heavy atom. The zero-order valence-corrected chi connectivity index (χ0v) is 4.42. The summed E-state index contributed by atoms with van der Waals surface area (Å²) < 4.78 is 29.0. The molecule has 0 rings (SSSR count). The molecule has 0 saturated heterocycles. The second-order valence-electron chi connectivity index (χ2n) is 0.508. The minimum atomic E-state index is -2.95. The molecule has 6 heteroatoms. The summed E-state index contributed by atoms with van der Waals surface area (Å²) in [6.07, 6.45) is 0. The van der Waals surface area contributed by atoms with E-state index in [0.717, 1.165) is 0 Å².